The van der Waals surface area contributed by atoms with Gasteiger partial charge in [-0.15, -0.1) is 0 Å². The summed E-state index contributed by atoms with van der Waals surface area (Å²) in [5, 5.41) is 11.5. The van der Waals surface area contributed by atoms with Gasteiger partial charge < -0.3 is 15.2 Å². The second kappa shape index (κ2) is 11.1. The van der Waals surface area contributed by atoms with Gasteiger partial charge >= 0.3 is 0 Å². The van der Waals surface area contributed by atoms with Gasteiger partial charge in [-0.3, -0.25) is 19.3 Å². The van der Waals surface area contributed by atoms with E-state index in [1.54, 1.807) is 11.9 Å². The Morgan fingerprint density at radius 3 is 2.30 bits per heavy atom. The van der Waals surface area contributed by atoms with Crippen LogP contribution in [0.15, 0.2) is 18.2 Å². The standard InChI is InChI=1S/C8H16N2O2.C8H6O3/c1-9-8(12)5-4-7(6-11)10(2)3;9-4-6-2-1-3-8(11)7(6)5-10/h6-7H,4-5H2,1-3H3,(H,9,12);1-5,11H. The molecule has 2 N–H and O–H groups in total. The maximum Gasteiger partial charge on any atom is 0.219 e. The molecule has 23 heavy (non-hydrogen) atoms. The van der Waals surface area contributed by atoms with Crippen LogP contribution in [0.25, 0.3) is 0 Å². The van der Waals surface area contributed by atoms with Crippen molar-refractivity contribution < 1.29 is 24.3 Å². The van der Waals surface area contributed by atoms with Gasteiger partial charge in [-0.2, -0.15) is 0 Å². The Morgan fingerprint density at radius 1 is 1.26 bits per heavy atom. The Kier molecular flexibility index (Phi) is 9.86. The molecule has 0 aliphatic carbocycles. The van der Waals surface area contributed by atoms with E-state index in [4.69, 9.17) is 5.11 Å². The van der Waals surface area contributed by atoms with E-state index in [9.17, 15) is 19.2 Å². The summed E-state index contributed by atoms with van der Waals surface area (Å²) >= 11 is 0. The van der Waals surface area contributed by atoms with E-state index >= 15 is 0 Å². The molecule has 0 aliphatic heterocycles. The normalized spacial score (nSPS) is 11.0. The highest BCUT2D eigenvalue weighted by Gasteiger charge is 2.11. The topological polar surface area (TPSA) is 104 Å². The van der Waals surface area contributed by atoms with Crippen LogP contribution >= 0.6 is 0 Å². The molecule has 0 spiro atoms. The number of nitrogens with one attached hydrogen (secondary N) is 1. The van der Waals surface area contributed by atoms with Crippen molar-refractivity contribution in [1.82, 2.24) is 10.2 Å². The van der Waals surface area contributed by atoms with E-state index in [1.165, 1.54) is 18.2 Å². The first kappa shape index (κ1) is 20.5. The summed E-state index contributed by atoms with van der Waals surface area (Å²) in [5.41, 5.74) is 0.252. The number of amides is 1. The lowest BCUT2D eigenvalue weighted by molar-refractivity contribution is -0.121. The van der Waals surface area contributed by atoms with Crippen LogP contribution in [0.5, 0.6) is 5.75 Å². The number of nitrogens with zero attached hydrogens (tertiary/aromatic N) is 1. The Labute approximate surface area is 135 Å². The molecule has 126 valence electrons. The van der Waals surface area contributed by atoms with Crippen molar-refractivity contribution in [1.29, 1.82) is 0 Å². The van der Waals surface area contributed by atoms with Crippen LogP contribution in [-0.4, -0.2) is 62.0 Å². The maximum atomic E-state index is 10.8. The van der Waals surface area contributed by atoms with Crippen molar-refractivity contribution in [3.8, 4) is 5.75 Å². The predicted molar refractivity (Wildman–Crippen MR) is 85.7 cm³/mol. The molecule has 0 aliphatic rings. The van der Waals surface area contributed by atoms with Crippen LogP contribution in [0.2, 0.25) is 0 Å². The monoisotopic (exact) mass is 322 g/mol. The molecule has 1 rings (SSSR count). The minimum absolute atomic E-state index is 0.0244. The smallest absolute Gasteiger partial charge is 0.219 e. The molecule has 1 aromatic carbocycles. The van der Waals surface area contributed by atoms with Crippen molar-refractivity contribution in [3.63, 3.8) is 0 Å². The third-order valence-corrected chi connectivity index (χ3v) is 3.13. The fraction of sp³-hybridized carbons (Fsp3) is 0.375. The molecule has 0 saturated carbocycles. The Hall–Kier alpha value is -2.54. The number of phenolic OH excluding ortho intramolecular Hbond substituents is 1. The lowest BCUT2D eigenvalue weighted by Gasteiger charge is -2.17. The molecule has 7 nitrogen and oxygen atoms in total. The predicted octanol–water partition coefficient (Wildman–Crippen LogP) is 0.659. The van der Waals surface area contributed by atoms with Crippen molar-refractivity contribution in [2.45, 2.75) is 18.9 Å². The Balaban J connectivity index is 0.000000422. The van der Waals surface area contributed by atoms with Gasteiger partial charge in [-0.1, -0.05) is 12.1 Å². The van der Waals surface area contributed by atoms with Gasteiger partial charge in [0.05, 0.1) is 11.6 Å². The highest BCUT2D eigenvalue weighted by Crippen LogP contribution is 2.16. The molecule has 1 aromatic rings. The summed E-state index contributed by atoms with van der Waals surface area (Å²) in [5.74, 6) is -0.187. The number of aldehydes is 3. The molecule has 0 saturated heterocycles. The highest BCUT2D eigenvalue weighted by atomic mass is 16.3. The van der Waals surface area contributed by atoms with Crippen molar-refractivity contribution in [2.24, 2.45) is 0 Å². The van der Waals surface area contributed by atoms with E-state index in [2.05, 4.69) is 5.32 Å². The molecule has 0 radical (unpaired) electrons. The van der Waals surface area contributed by atoms with Gasteiger partial charge in [-0.25, -0.2) is 0 Å². The molecule has 1 amide bonds. The van der Waals surface area contributed by atoms with Crippen molar-refractivity contribution in [2.75, 3.05) is 21.1 Å². The minimum atomic E-state index is -0.162. The molecule has 1 unspecified atom stereocenters. The van der Waals surface area contributed by atoms with Crippen LogP contribution in [0.1, 0.15) is 33.6 Å². The number of likely N-dealkylation sites (N-methyl/N-ethyl adjacent to an activating group) is 1. The number of carbonyl (C=O) groups is 4. The summed E-state index contributed by atoms with van der Waals surface area (Å²) in [7, 11) is 5.24. The Morgan fingerprint density at radius 2 is 1.91 bits per heavy atom. The molecule has 0 fully saturated rings. The molecule has 0 aromatic heterocycles. The number of phenols is 1. The van der Waals surface area contributed by atoms with Crippen molar-refractivity contribution >= 4 is 24.8 Å². The molecule has 0 heterocycles. The van der Waals surface area contributed by atoms with E-state index in [-0.39, 0.29) is 28.8 Å². The first-order valence-electron chi connectivity index (χ1n) is 6.95. The largest absolute Gasteiger partial charge is 0.507 e. The lowest BCUT2D eigenvalue weighted by Crippen LogP contribution is -2.31. The molecular weight excluding hydrogens is 300 g/mol. The number of carbonyl (C=O) groups excluding carboxylic acids is 4. The quantitative estimate of drug-likeness (QED) is 0.715. The number of benzene rings is 1. The SMILES string of the molecule is CNC(=O)CCC(C=O)N(C)C.O=Cc1cccc(O)c1C=O. The summed E-state index contributed by atoms with van der Waals surface area (Å²) in [6, 6.07) is 4.18. The summed E-state index contributed by atoms with van der Waals surface area (Å²) in [6.07, 6.45) is 2.83. The second-order valence-electron chi connectivity index (χ2n) is 4.89. The summed E-state index contributed by atoms with van der Waals surface area (Å²) in [4.78, 5) is 43.6. The third-order valence-electron chi connectivity index (χ3n) is 3.13. The molecule has 0 bridgehead atoms. The zero-order valence-electron chi connectivity index (χ0n) is 13.5. The van der Waals surface area contributed by atoms with Crippen LogP contribution in [0, 0.1) is 0 Å². The van der Waals surface area contributed by atoms with Gasteiger partial charge in [0.25, 0.3) is 0 Å². The minimum Gasteiger partial charge on any atom is -0.507 e. The first-order chi connectivity index (χ1) is 10.9. The van der Waals surface area contributed by atoms with Crippen molar-refractivity contribution in [3.05, 3.63) is 29.3 Å². The van der Waals surface area contributed by atoms with Gasteiger partial charge in [0.2, 0.25) is 5.91 Å². The van der Waals surface area contributed by atoms with E-state index in [0.717, 1.165) is 6.29 Å². The number of hydrogen-bond donors (Lipinski definition) is 2. The maximum absolute atomic E-state index is 10.8. The van der Waals surface area contributed by atoms with E-state index in [1.807, 2.05) is 14.1 Å². The molecule has 1 atom stereocenters. The van der Waals surface area contributed by atoms with Gasteiger partial charge in [0.15, 0.2) is 12.6 Å². The first-order valence-corrected chi connectivity index (χ1v) is 6.95. The number of aromatic hydroxyl groups is 1. The average molecular weight is 322 g/mol. The number of hydrogen-bond acceptors (Lipinski definition) is 6. The Bertz CT molecular complexity index is 543. The average Bonchev–Trinajstić information content (AvgIpc) is 2.55. The number of rotatable bonds is 7. The van der Waals surface area contributed by atoms with E-state index in [0.29, 0.717) is 25.4 Å². The second-order valence-corrected chi connectivity index (χ2v) is 4.89. The van der Waals surface area contributed by atoms with Gasteiger partial charge in [0.1, 0.15) is 12.0 Å². The fourth-order valence-corrected chi connectivity index (χ4v) is 1.65. The zero-order chi connectivity index (χ0) is 17.8. The van der Waals surface area contributed by atoms with E-state index < -0.39 is 0 Å². The van der Waals surface area contributed by atoms with Gasteiger partial charge in [-0.05, 0) is 26.6 Å². The van der Waals surface area contributed by atoms with Crippen LogP contribution < -0.4 is 5.32 Å². The zero-order valence-corrected chi connectivity index (χ0v) is 13.5. The summed E-state index contributed by atoms with van der Waals surface area (Å²) < 4.78 is 0. The lowest BCUT2D eigenvalue weighted by atomic mass is 10.1. The van der Waals surface area contributed by atoms with Gasteiger partial charge in [0, 0.05) is 19.0 Å². The van der Waals surface area contributed by atoms with Crippen LogP contribution in [0.4, 0.5) is 0 Å². The molecule has 7 heteroatoms. The van der Waals surface area contributed by atoms with Crippen LogP contribution in [-0.2, 0) is 9.59 Å². The summed E-state index contributed by atoms with van der Waals surface area (Å²) in [6.45, 7) is 0. The fourth-order valence-electron chi connectivity index (χ4n) is 1.65. The van der Waals surface area contributed by atoms with Crippen LogP contribution in [0.3, 0.4) is 0 Å². The third kappa shape index (κ3) is 7.32. The highest BCUT2D eigenvalue weighted by molar-refractivity contribution is 5.92. The molecular formula is C16H22N2O5.